The number of hydrogen-bond donors (Lipinski definition) is 1. The fraction of sp³-hybridized carbons (Fsp3) is 0.0952. The van der Waals surface area contributed by atoms with E-state index >= 15 is 0 Å². The summed E-state index contributed by atoms with van der Waals surface area (Å²) < 4.78 is 18.3. The highest BCUT2D eigenvalue weighted by atomic mass is 32.1. The van der Waals surface area contributed by atoms with Gasteiger partial charge in [0.1, 0.15) is 26.9 Å². The van der Waals surface area contributed by atoms with Crippen molar-refractivity contribution < 1.29 is 13.9 Å². The molecule has 4 rings (SSSR count). The minimum absolute atomic E-state index is 0.166. The minimum atomic E-state index is -0.353. The van der Waals surface area contributed by atoms with E-state index in [0.29, 0.717) is 11.4 Å². The van der Waals surface area contributed by atoms with Crippen LogP contribution in [0.4, 0.5) is 10.1 Å². The van der Waals surface area contributed by atoms with E-state index in [0.717, 1.165) is 26.5 Å². The summed E-state index contributed by atoms with van der Waals surface area (Å²) >= 11 is 1.50. The number of anilines is 1. The molecule has 2 heterocycles. The molecule has 0 bridgehead atoms. The molecule has 1 amide bonds. The fourth-order valence-electron chi connectivity index (χ4n) is 2.65. The van der Waals surface area contributed by atoms with Gasteiger partial charge in [0.05, 0.1) is 0 Å². The van der Waals surface area contributed by atoms with Gasteiger partial charge in [-0.25, -0.2) is 14.4 Å². The van der Waals surface area contributed by atoms with Crippen LogP contribution in [0.15, 0.2) is 60.8 Å². The van der Waals surface area contributed by atoms with Gasteiger partial charge >= 0.3 is 0 Å². The quantitative estimate of drug-likeness (QED) is 0.528. The summed E-state index contributed by atoms with van der Waals surface area (Å²) in [5, 5.41) is 3.70. The van der Waals surface area contributed by atoms with Gasteiger partial charge in [0.25, 0.3) is 5.91 Å². The van der Waals surface area contributed by atoms with Crippen LogP contribution < -0.4 is 10.1 Å². The third-order valence-electron chi connectivity index (χ3n) is 4.11. The van der Waals surface area contributed by atoms with Crippen LogP contribution in [0.5, 0.6) is 5.75 Å². The van der Waals surface area contributed by atoms with Gasteiger partial charge in [0.15, 0.2) is 6.61 Å². The zero-order valence-electron chi connectivity index (χ0n) is 15.0. The highest BCUT2D eigenvalue weighted by Gasteiger charge is 2.11. The Morgan fingerprint density at radius 2 is 2.00 bits per heavy atom. The molecule has 7 heteroatoms. The van der Waals surface area contributed by atoms with Crippen molar-refractivity contribution >= 4 is 33.3 Å². The topological polar surface area (TPSA) is 64.1 Å². The summed E-state index contributed by atoms with van der Waals surface area (Å²) in [5.41, 5.74) is 3.38. The van der Waals surface area contributed by atoms with E-state index < -0.39 is 0 Å². The number of rotatable bonds is 5. The normalized spacial score (nSPS) is 10.8. The summed E-state index contributed by atoms with van der Waals surface area (Å²) in [6, 6.07) is 15.1. The molecule has 0 saturated heterocycles. The standard InChI is InChI=1S/C21H16FN3O2S/c1-13-4-5-14(20-25-17-3-2-10-23-21(17)28-20)11-18(13)24-19(26)12-27-16-8-6-15(22)7-9-16/h2-11H,12H2,1H3,(H,24,26). The number of amides is 1. The van der Waals surface area contributed by atoms with Crippen molar-refractivity contribution in [2.24, 2.45) is 0 Å². The molecule has 0 aliphatic carbocycles. The van der Waals surface area contributed by atoms with Gasteiger partial charge in [-0.2, -0.15) is 0 Å². The summed E-state index contributed by atoms with van der Waals surface area (Å²) in [6.07, 6.45) is 1.74. The summed E-state index contributed by atoms with van der Waals surface area (Å²) in [4.78, 5) is 22.1. The number of ether oxygens (including phenoxy) is 1. The average Bonchev–Trinajstić information content (AvgIpc) is 3.13. The van der Waals surface area contributed by atoms with E-state index in [4.69, 9.17) is 4.74 Å². The smallest absolute Gasteiger partial charge is 0.262 e. The van der Waals surface area contributed by atoms with Crippen molar-refractivity contribution in [3.63, 3.8) is 0 Å². The highest BCUT2D eigenvalue weighted by molar-refractivity contribution is 7.21. The van der Waals surface area contributed by atoms with Crippen LogP contribution in [-0.4, -0.2) is 22.5 Å². The third kappa shape index (κ3) is 3.99. The SMILES string of the molecule is Cc1ccc(-c2nc3cccnc3s2)cc1NC(=O)COc1ccc(F)cc1. The number of thiazole rings is 1. The molecule has 2 aromatic heterocycles. The van der Waals surface area contributed by atoms with Crippen molar-refractivity contribution in [2.45, 2.75) is 6.92 Å². The lowest BCUT2D eigenvalue weighted by Gasteiger charge is -2.11. The molecule has 4 aromatic rings. The predicted octanol–water partition coefficient (Wildman–Crippen LogP) is 4.82. The number of benzene rings is 2. The highest BCUT2D eigenvalue weighted by Crippen LogP contribution is 2.31. The van der Waals surface area contributed by atoms with Crippen molar-refractivity contribution in [1.29, 1.82) is 0 Å². The molecule has 2 aromatic carbocycles. The van der Waals surface area contributed by atoms with E-state index in [1.165, 1.54) is 35.6 Å². The second-order valence-corrected chi connectivity index (χ2v) is 7.14. The van der Waals surface area contributed by atoms with Gasteiger partial charge in [-0.3, -0.25) is 4.79 Å². The Labute approximate surface area is 164 Å². The first-order valence-corrected chi connectivity index (χ1v) is 9.41. The number of nitrogens with one attached hydrogen (secondary N) is 1. The maximum absolute atomic E-state index is 12.9. The van der Waals surface area contributed by atoms with E-state index in [1.807, 2.05) is 37.3 Å². The molecule has 0 spiro atoms. The Morgan fingerprint density at radius 1 is 1.18 bits per heavy atom. The van der Waals surface area contributed by atoms with Crippen molar-refractivity contribution in [3.8, 4) is 16.3 Å². The number of fused-ring (bicyclic) bond motifs is 1. The number of pyridine rings is 1. The molecule has 0 unspecified atom stereocenters. The minimum Gasteiger partial charge on any atom is -0.484 e. The van der Waals surface area contributed by atoms with E-state index in [-0.39, 0.29) is 18.3 Å². The van der Waals surface area contributed by atoms with Crippen LogP contribution in [0.25, 0.3) is 20.9 Å². The average molecular weight is 393 g/mol. The van der Waals surface area contributed by atoms with Crippen LogP contribution in [0.1, 0.15) is 5.56 Å². The molecule has 0 fully saturated rings. The maximum Gasteiger partial charge on any atom is 0.262 e. The van der Waals surface area contributed by atoms with Gasteiger partial charge in [-0.05, 0) is 55.0 Å². The largest absolute Gasteiger partial charge is 0.484 e. The van der Waals surface area contributed by atoms with Gasteiger partial charge in [0.2, 0.25) is 0 Å². The van der Waals surface area contributed by atoms with E-state index in [9.17, 15) is 9.18 Å². The Hall–Kier alpha value is -3.32. The molecule has 5 nitrogen and oxygen atoms in total. The number of aryl methyl sites for hydroxylation is 1. The summed E-state index contributed by atoms with van der Waals surface area (Å²) in [6.45, 7) is 1.75. The van der Waals surface area contributed by atoms with Gasteiger partial charge < -0.3 is 10.1 Å². The molecule has 140 valence electrons. The Balaban J connectivity index is 1.49. The van der Waals surface area contributed by atoms with Crippen molar-refractivity contribution in [1.82, 2.24) is 9.97 Å². The number of carbonyl (C=O) groups excluding carboxylic acids is 1. The molecule has 0 aliphatic heterocycles. The summed E-state index contributed by atoms with van der Waals surface area (Å²) in [5.74, 6) is -0.214. The first kappa shape index (κ1) is 18.1. The Bertz CT molecular complexity index is 1110. The van der Waals surface area contributed by atoms with Gasteiger partial charge in [0, 0.05) is 17.4 Å². The van der Waals surface area contributed by atoms with Gasteiger partial charge in [-0.1, -0.05) is 23.5 Å². The third-order valence-corrected chi connectivity index (χ3v) is 5.14. The van der Waals surface area contributed by atoms with Crippen molar-refractivity contribution in [2.75, 3.05) is 11.9 Å². The lowest BCUT2D eigenvalue weighted by molar-refractivity contribution is -0.118. The van der Waals surface area contributed by atoms with Crippen LogP contribution in [-0.2, 0) is 4.79 Å². The van der Waals surface area contributed by atoms with Crippen LogP contribution >= 0.6 is 11.3 Å². The Kier molecular flexibility index (Phi) is 4.99. The van der Waals surface area contributed by atoms with E-state index in [1.54, 1.807) is 6.20 Å². The van der Waals surface area contributed by atoms with Crippen LogP contribution in [0.2, 0.25) is 0 Å². The molecular weight excluding hydrogens is 377 g/mol. The first-order chi connectivity index (χ1) is 13.6. The second kappa shape index (κ2) is 7.74. The van der Waals surface area contributed by atoms with Crippen molar-refractivity contribution in [3.05, 3.63) is 72.2 Å². The summed E-state index contributed by atoms with van der Waals surface area (Å²) in [7, 11) is 0. The lowest BCUT2D eigenvalue weighted by atomic mass is 10.1. The molecule has 1 N–H and O–H groups in total. The number of hydrogen-bond acceptors (Lipinski definition) is 5. The molecular formula is C21H16FN3O2S. The van der Waals surface area contributed by atoms with E-state index in [2.05, 4.69) is 15.3 Å². The number of halogens is 1. The molecule has 0 radical (unpaired) electrons. The van der Waals surface area contributed by atoms with Crippen LogP contribution in [0.3, 0.4) is 0 Å². The fourth-order valence-corrected chi connectivity index (χ4v) is 3.55. The predicted molar refractivity (Wildman–Crippen MR) is 108 cm³/mol. The molecule has 28 heavy (non-hydrogen) atoms. The number of aromatic nitrogens is 2. The second-order valence-electron chi connectivity index (χ2n) is 6.17. The number of nitrogens with zero attached hydrogens (tertiary/aromatic N) is 2. The maximum atomic E-state index is 12.9. The zero-order valence-corrected chi connectivity index (χ0v) is 15.8. The van der Waals surface area contributed by atoms with Gasteiger partial charge in [-0.15, -0.1) is 0 Å². The monoisotopic (exact) mass is 393 g/mol. The lowest BCUT2D eigenvalue weighted by Crippen LogP contribution is -2.20. The zero-order chi connectivity index (χ0) is 19.5. The Morgan fingerprint density at radius 3 is 2.79 bits per heavy atom. The van der Waals surface area contributed by atoms with Crippen LogP contribution in [0, 0.1) is 12.7 Å². The number of carbonyl (C=O) groups is 1. The molecule has 0 aliphatic rings. The first-order valence-electron chi connectivity index (χ1n) is 8.59. The molecule has 0 saturated carbocycles. The molecule has 0 atom stereocenters.